The summed E-state index contributed by atoms with van der Waals surface area (Å²) in [6.07, 6.45) is -2.04. The summed E-state index contributed by atoms with van der Waals surface area (Å²) in [5.41, 5.74) is -0.717. The minimum atomic E-state index is -4.63. The Morgan fingerprint density at radius 3 is 2.33 bits per heavy atom. The first-order valence-corrected chi connectivity index (χ1v) is 6.40. The minimum Gasteiger partial charge on any atom is -0.289 e. The Morgan fingerprint density at radius 1 is 1.05 bits per heavy atom. The molecule has 0 aliphatic rings. The standard InChI is InChI=1S/C16H10ClF3O/c17-12-7-8-13(14(10-12)16(18,19)20)15(21)9-6-11-4-2-1-3-5-11/h1-10H. The molecule has 0 fully saturated rings. The fourth-order valence-electron chi connectivity index (χ4n) is 1.79. The Morgan fingerprint density at radius 2 is 1.71 bits per heavy atom. The normalized spacial score (nSPS) is 11.8. The van der Waals surface area contributed by atoms with Crippen molar-refractivity contribution in [2.45, 2.75) is 6.18 Å². The van der Waals surface area contributed by atoms with Crippen molar-refractivity contribution in [3.63, 3.8) is 0 Å². The number of hydrogen-bond donors (Lipinski definition) is 0. The van der Waals surface area contributed by atoms with Gasteiger partial charge in [-0.25, -0.2) is 0 Å². The highest BCUT2D eigenvalue weighted by Crippen LogP contribution is 2.34. The van der Waals surface area contributed by atoms with Gasteiger partial charge in [-0.05, 0) is 29.8 Å². The van der Waals surface area contributed by atoms with E-state index in [4.69, 9.17) is 11.6 Å². The number of benzene rings is 2. The van der Waals surface area contributed by atoms with Gasteiger partial charge >= 0.3 is 6.18 Å². The number of carbonyl (C=O) groups excluding carboxylic acids is 1. The molecule has 108 valence electrons. The first-order valence-electron chi connectivity index (χ1n) is 6.02. The van der Waals surface area contributed by atoms with Crippen molar-refractivity contribution in [1.29, 1.82) is 0 Å². The lowest BCUT2D eigenvalue weighted by molar-refractivity contribution is -0.137. The number of halogens is 4. The van der Waals surface area contributed by atoms with Crippen molar-refractivity contribution >= 4 is 23.5 Å². The van der Waals surface area contributed by atoms with Gasteiger partial charge in [0.25, 0.3) is 0 Å². The Labute approximate surface area is 124 Å². The van der Waals surface area contributed by atoms with Crippen LogP contribution >= 0.6 is 11.6 Å². The maximum absolute atomic E-state index is 12.9. The third-order valence-corrected chi connectivity index (χ3v) is 3.01. The van der Waals surface area contributed by atoms with Crippen LogP contribution in [0.25, 0.3) is 6.08 Å². The first-order chi connectivity index (χ1) is 9.88. The molecule has 0 atom stereocenters. The highest BCUT2D eigenvalue weighted by Gasteiger charge is 2.34. The van der Waals surface area contributed by atoms with Gasteiger partial charge in [0.1, 0.15) is 0 Å². The number of ketones is 1. The van der Waals surface area contributed by atoms with Gasteiger partial charge in [-0.1, -0.05) is 48.0 Å². The summed E-state index contributed by atoms with van der Waals surface area (Å²) in [5.74, 6) is -0.720. The molecule has 2 rings (SSSR count). The topological polar surface area (TPSA) is 17.1 Å². The summed E-state index contributed by atoms with van der Waals surface area (Å²) < 4.78 is 38.8. The number of hydrogen-bond acceptors (Lipinski definition) is 1. The van der Waals surface area contributed by atoms with Gasteiger partial charge in [-0.15, -0.1) is 0 Å². The Bertz CT molecular complexity index is 676. The summed E-state index contributed by atoms with van der Waals surface area (Å²) in [7, 11) is 0. The van der Waals surface area contributed by atoms with Crippen LogP contribution in [0.2, 0.25) is 5.02 Å². The van der Waals surface area contributed by atoms with Gasteiger partial charge in [0.2, 0.25) is 0 Å². The Hall–Kier alpha value is -2.07. The van der Waals surface area contributed by atoms with E-state index >= 15 is 0 Å². The lowest BCUT2D eigenvalue weighted by Gasteiger charge is -2.11. The molecule has 0 saturated heterocycles. The van der Waals surface area contributed by atoms with E-state index in [1.54, 1.807) is 30.3 Å². The van der Waals surface area contributed by atoms with Crippen molar-refractivity contribution in [3.05, 3.63) is 76.3 Å². The van der Waals surface area contributed by atoms with Crippen molar-refractivity contribution in [2.24, 2.45) is 0 Å². The molecule has 0 spiro atoms. The van der Waals surface area contributed by atoms with Crippen LogP contribution in [0.15, 0.2) is 54.6 Å². The summed E-state index contributed by atoms with van der Waals surface area (Å²) >= 11 is 5.57. The second-order valence-corrected chi connectivity index (χ2v) is 4.73. The summed E-state index contributed by atoms with van der Waals surface area (Å²) in [4.78, 5) is 12.0. The molecule has 1 nitrogen and oxygen atoms in total. The highest BCUT2D eigenvalue weighted by atomic mass is 35.5. The van der Waals surface area contributed by atoms with Gasteiger partial charge in [-0.2, -0.15) is 13.2 Å². The zero-order valence-electron chi connectivity index (χ0n) is 10.7. The van der Waals surface area contributed by atoms with Crippen molar-refractivity contribution in [3.8, 4) is 0 Å². The van der Waals surface area contributed by atoms with Gasteiger partial charge in [-0.3, -0.25) is 4.79 Å². The maximum atomic E-state index is 12.9. The number of allylic oxidation sites excluding steroid dienone is 1. The van der Waals surface area contributed by atoms with Crippen LogP contribution in [0, 0.1) is 0 Å². The van der Waals surface area contributed by atoms with Crippen molar-refractivity contribution < 1.29 is 18.0 Å². The van der Waals surface area contributed by atoms with E-state index in [0.717, 1.165) is 23.8 Å². The second kappa shape index (κ2) is 6.14. The molecular formula is C16H10ClF3O. The van der Waals surface area contributed by atoms with Gasteiger partial charge in [0.15, 0.2) is 5.78 Å². The molecule has 2 aromatic rings. The SMILES string of the molecule is O=C(C=Cc1ccccc1)c1ccc(Cl)cc1C(F)(F)F. The average molecular weight is 311 g/mol. The third kappa shape index (κ3) is 3.95. The fourth-order valence-corrected chi connectivity index (χ4v) is 1.96. The summed E-state index contributed by atoms with van der Waals surface area (Å²) in [6, 6.07) is 11.9. The lowest BCUT2D eigenvalue weighted by atomic mass is 10.0. The predicted molar refractivity (Wildman–Crippen MR) is 76.3 cm³/mol. The quantitative estimate of drug-likeness (QED) is 0.558. The van der Waals surface area contributed by atoms with Crippen LogP contribution in [0.5, 0.6) is 0 Å². The first kappa shape index (κ1) is 15.3. The van der Waals surface area contributed by atoms with E-state index in [1.165, 1.54) is 12.1 Å². The molecule has 0 bridgehead atoms. The van der Waals surface area contributed by atoms with Crippen LogP contribution < -0.4 is 0 Å². The molecule has 0 amide bonds. The Balaban J connectivity index is 2.34. The summed E-state index contributed by atoms with van der Waals surface area (Å²) in [5, 5.41) is -0.0640. The van der Waals surface area contributed by atoms with E-state index in [9.17, 15) is 18.0 Å². The van der Waals surface area contributed by atoms with E-state index < -0.39 is 23.1 Å². The molecular weight excluding hydrogens is 301 g/mol. The van der Waals surface area contributed by atoms with Crippen LogP contribution in [-0.2, 0) is 6.18 Å². The molecule has 0 aromatic heterocycles. The molecule has 0 aliphatic carbocycles. The highest BCUT2D eigenvalue weighted by molar-refractivity contribution is 6.30. The predicted octanol–water partition coefficient (Wildman–Crippen LogP) is 5.25. The lowest BCUT2D eigenvalue weighted by Crippen LogP contribution is -2.12. The van der Waals surface area contributed by atoms with E-state index in [0.29, 0.717) is 0 Å². The van der Waals surface area contributed by atoms with Crippen molar-refractivity contribution in [1.82, 2.24) is 0 Å². The number of carbonyl (C=O) groups is 1. The zero-order chi connectivity index (χ0) is 15.5. The number of alkyl halides is 3. The Kier molecular flexibility index (Phi) is 4.48. The molecule has 0 aliphatic heterocycles. The van der Waals surface area contributed by atoms with E-state index in [1.807, 2.05) is 0 Å². The summed E-state index contributed by atoms with van der Waals surface area (Å²) in [6.45, 7) is 0. The molecule has 21 heavy (non-hydrogen) atoms. The van der Waals surface area contributed by atoms with Crippen LogP contribution in [0.4, 0.5) is 13.2 Å². The molecule has 0 saturated carbocycles. The molecule has 5 heteroatoms. The monoisotopic (exact) mass is 310 g/mol. The average Bonchev–Trinajstić information content (AvgIpc) is 2.45. The third-order valence-electron chi connectivity index (χ3n) is 2.78. The van der Waals surface area contributed by atoms with Crippen LogP contribution in [-0.4, -0.2) is 5.78 Å². The largest absolute Gasteiger partial charge is 0.417 e. The van der Waals surface area contributed by atoms with Crippen LogP contribution in [0.1, 0.15) is 21.5 Å². The van der Waals surface area contributed by atoms with Crippen molar-refractivity contribution in [2.75, 3.05) is 0 Å². The second-order valence-electron chi connectivity index (χ2n) is 4.30. The minimum absolute atomic E-state index is 0.0640. The van der Waals surface area contributed by atoms with Gasteiger partial charge in [0, 0.05) is 10.6 Å². The molecule has 0 unspecified atom stereocenters. The smallest absolute Gasteiger partial charge is 0.289 e. The molecule has 0 N–H and O–H groups in total. The van der Waals surface area contributed by atoms with Crippen LogP contribution in [0.3, 0.4) is 0 Å². The maximum Gasteiger partial charge on any atom is 0.417 e. The molecule has 0 heterocycles. The van der Waals surface area contributed by atoms with Gasteiger partial charge < -0.3 is 0 Å². The van der Waals surface area contributed by atoms with E-state index in [2.05, 4.69) is 0 Å². The van der Waals surface area contributed by atoms with Gasteiger partial charge in [0.05, 0.1) is 5.56 Å². The molecule has 2 aromatic carbocycles. The fraction of sp³-hybridized carbons (Fsp3) is 0.0625. The number of rotatable bonds is 3. The van der Waals surface area contributed by atoms with E-state index in [-0.39, 0.29) is 5.02 Å². The molecule has 0 radical (unpaired) electrons. The zero-order valence-corrected chi connectivity index (χ0v) is 11.4.